The Bertz CT molecular complexity index is 443. The summed E-state index contributed by atoms with van der Waals surface area (Å²) in [7, 11) is 0. The van der Waals surface area contributed by atoms with Gasteiger partial charge in [-0.3, -0.25) is 4.79 Å². The molecular weight excluding hydrogens is 254 g/mol. The molecule has 5 nitrogen and oxygen atoms in total. The van der Waals surface area contributed by atoms with Crippen molar-refractivity contribution in [1.82, 2.24) is 10.3 Å². The summed E-state index contributed by atoms with van der Waals surface area (Å²) >= 11 is 0. The summed E-state index contributed by atoms with van der Waals surface area (Å²) in [6.45, 7) is 5.92. The summed E-state index contributed by atoms with van der Waals surface area (Å²) in [6.07, 6.45) is 2.25. The zero-order valence-electron chi connectivity index (χ0n) is 10.9. The molecule has 6 heteroatoms. The molecule has 1 unspecified atom stereocenters. The standard InChI is InChI=1S/C12H19N3O2.ClH/c1-7-10(17-8(2)14-7)11(16)15-12(3,6-13)9-4-5-9;/h9H,4-6,13H2,1-3H3,(H,15,16);1H. The van der Waals surface area contributed by atoms with Gasteiger partial charge >= 0.3 is 0 Å². The van der Waals surface area contributed by atoms with Crippen molar-refractivity contribution in [2.45, 2.75) is 39.2 Å². The van der Waals surface area contributed by atoms with Gasteiger partial charge in [0.25, 0.3) is 5.91 Å². The van der Waals surface area contributed by atoms with Crippen molar-refractivity contribution in [2.75, 3.05) is 6.54 Å². The quantitative estimate of drug-likeness (QED) is 0.872. The number of halogens is 1. The van der Waals surface area contributed by atoms with E-state index in [0.717, 1.165) is 12.8 Å². The van der Waals surface area contributed by atoms with E-state index in [2.05, 4.69) is 10.3 Å². The number of amides is 1. The average molecular weight is 274 g/mol. The molecule has 102 valence electrons. The lowest BCUT2D eigenvalue weighted by Crippen LogP contribution is -2.53. The molecule has 0 spiro atoms. The summed E-state index contributed by atoms with van der Waals surface area (Å²) in [4.78, 5) is 16.2. The van der Waals surface area contributed by atoms with Crippen LogP contribution in [0, 0.1) is 19.8 Å². The van der Waals surface area contributed by atoms with Gasteiger partial charge in [-0.1, -0.05) is 0 Å². The van der Waals surface area contributed by atoms with E-state index in [0.29, 0.717) is 29.8 Å². The Morgan fingerprint density at radius 3 is 2.56 bits per heavy atom. The van der Waals surface area contributed by atoms with Crippen LogP contribution in [0.15, 0.2) is 4.42 Å². The average Bonchev–Trinajstić information content (AvgIpc) is 3.05. The fraction of sp³-hybridized carbons (Fsp3) is 0.667. The molecule has 1 amide bonds. The van der Waals surface area contributed by atoms with Crippen LogP contribution in [-0.4, -0.2) is 23.0 Å². The highest BCUT2D eigenvalue weighted by Gasteiger charge is 2.42. The molecule has 2 rings (SSSR count). The smallest absolute Gasteiger partial charge is 0.289 e. The highest BCUT2D eigenvalue weighted by molar-refractivity contribution is 5.93. The Balaban J connectivity index is 0.00000162. The number of rotatable bonds is 4. The van der Waals surface area contributed by atoms with E-state index in [4.69, 9.17) is 10.2 Å². The SMILES string of the molecule is Cc1nc(C)c(C(=O)NC(C)(CN)C2CC2)o1.Cl. The predicted molar refractivity (Wildman–Crippen MR) is 70.9 cm³/mol. The van der Waals surface area contributed by atoms with Crippen molar-refractivity contribution in [3.05, 3.63) is 17.3 Å². The number of aromatic nitrogens is 1. The number of carbonyl (C=O) groups is 1. The number of nitrogens with one attached hydrogen (secondary N) is 1. The van der Waals surface area contributed by atoms with E-state index in [-0.39, 0.29) is 23.9 Å². The lowest BCUT2D eigenvalue weighted by Gasteiger charge is -2.29. The molecule has 18 heavy (non-hydrogen) atoms. The van der Waals surface area contributed by atoms with Gasteiger partial charge in [0.2, 0.25) is 5.76 Å². The highest BCUT2D eigenvalue weighted by Crippen LogP contribution is 2.39. The summed E-state index contributed by atoms with van der Waals surface area (Å²) in [6, 6.07) is 0. The van der Waals surface area contributed by atoms with Crippen LogP contribution in [0.25, 0.3) is 0 Å². The van der Waals surface area contributed by atoms with E-state index in [1.807, 2.05) is 6.92 Å². The van der Waals surface area contributed by atoms with E-state index < -0.39 is 0 Å². The van der Waals surface area contributed by atoms with Gasteiger partial charge in [0, 0.05) is 13.5 Å². The Morgan fingerprint density at radius 2 is 2.17 bits per heavy atom. The molecule has 0 saturated heterocycles. The number of carbonyl (C=O) groups excluding carboxylic acids is 1. The van der Waals surface area contributed by atoms with Crippen LogP contribution in [0.2, 0.25) is 0 Å². The number of aryl methyl sites for hydroxylation is 2. The van der Waals surface area contributed by atoms with Crippen molar-refractivity contribution >= 4 is 18.3 Å². The highest BCUT2D eigenvalue weighted by atomic mass is 35.5. The van der Waals surface area contributed by atoms with Gasteiger partial charge < -0.3 is 15.5 Å². The molecule has 1 fully saturated rings. The van der Waals surface area contributed by atoms with Crippen LogP contribution in [0.4, 0.5) is 0 Å². The largest absolute Gasteiger partial charge is 0.436 e. The van der Waals surface area contributed by atoms with Gasteiger partial charge in [0.05, 0.1) is 11.2 Å². The molecule has 3 N–H and O–H groups in total. The molecule has 1 aliphatic carbocycles. The van der Waals surface area contributed by atoms with Crippen molar-refractivity contribution in [2.24, 2.45) is 11.7 Å². The Kier molecular flexibility index (Phi) is 4.40. The topological polar surface area (TPSA) is 81.2 Å². The van der Waals surface area contributed by atoms with Crippen LogP contribution in [0.3, 0.4) is 0 Å². The van der Waals surface area contributed by atoms with Crippen LogP contribution >= 0.6 is 12.4 Å². The summed E-state index contributed by atoms with van der Waals surface area (Å²) in [5.41, 5.74) is 6.05. The first-order valence-corrected chi connectivity index (χ1v) is 5.93. The van der Waals surface area contributed by atoms with Crippen LogP contribution in [-0.2, 0) is 0 Å². The molecule has 0 bridgehead atoms. The summed E-state index contributed by atoms with van der Waals surface area (Å²) in [5, 5.41) is 2.98. The van der Waals surface area contributed by atoms with E-state index in [9.17, 15) is 4.79 Å². The second kappa shape index (κ2) is 5.28. The Labute approximate surface area is 113 Å². The lowest BCUT2D eigenvalue weighted by molar-refractivity contribution is 0.0867. The van der Waals surface area contributed by atoms with Crippen molar-refractivity contribution in [3.8, 4) is 0 Å². The molecular formula is C12H20ClN3O2. The molecule has 1 saturated carbocycles. The Morgan fingerprint density at radius 1 is 1.56 bits per heavy atom. The summed E-state index contributed by atoms with van der Waals surface area (Å²) < 4.78 is 5.30. The van der Waals surface area contributed by atoms with Crippen LogP contribution in [0.1, 0.15) is 41.9 Å². The second-order valence-corrected chi connectivity index (χ2v) is 5.00. The van der Waals surface area contributed by atoms with Gasteiger partial charge in [-0.2, -0.15) is 0 Å². The molecule has 0 aromatic carbocycles. The van der Waals surface area contributed by atoms with Crippen molar-refractivity contribution < 1.29 is 9.21 Å². The molecule has 1 atom stereocenters. The number of oxazole rings is 1. The monoisotopic (exact) mass is 273 g/mol. The molecule has 0 aliphatic heterocycles. The summed E-state index contributed by atoms with van der Waals surface area (Å²) in [5.74, 6) is 1.07. The maximum Gasteiger partial charge on any atom is 0.289 e. The van der Waals surface area contributed by atoms with E-state index >= 15 is 0 Å². The Hall–Kier alpha value is -1.07. The maximum absolute atomic E-state index is 12.1. The third kappa shape index (κ3) is 2.84. The fourth-order valence-corrected chi connectivity index (χ4v) is 2.10. The normalized spacial score (nSPS) is 17.8. The van der Waals surface area contributed by atoms with Gasteiger partial charge in [-0.05, 0) is 32.6 Å². The predicted octanol–water partition coefficient (Wildman–Crippen LogP) is 1.57. The van der Waals surface area contributed by atoms with Gasteiger partial charge in [0.15, 0.2) is 5.89 Å². The molecule has 1 aliphatic rings. The molecule has 1 aromatic heterocycles. The first kappa shape index (κ1) is 15.0. The zero-order valence-corrected chi connectivity index (χ0v) is 11.8. The number of nitrogens with two attached hydrogens (primary N) is 1. The second-order valence-electron chi connectivity index (χ2n) is 5.00. The minimum Gasteiger partial charge on any atom is -0.436 e. The third-order valence-electron chi connectivity index (χ3n) is 3.41. The van der Waals surface area contributed by atoms with E-state index in [1.54, 1.807) is 13.8 Å². The van der Waals surface area contributed by atoms with Crippen molar-refractivity contribution in [1.29, 1.82) is 0 Å². The minimum absolute atomic E-state index is 0. The number of nitrogens with zero attached hydrogens (tertiary/aromatic N) is 1. The zero-order chi connectivity index (χ0) is 12.6. The number of hydrogen-bond acceptors (Lipinski definition) is 4. The van der Waals surface area contributed by atoms with Gasteiger partial charge in [-0.15, -0.1) is 12.4 Å². The maximum atomic E-state index is 12.1. The third-order valence-corrected chi connectivity index (χ3v) is 3.41. The molecule has 0 radical (unpaired) electrons. The van der Waals surface area contributed by atoms with E-state index in [1.165, 1.54) is 0 Å². The van der Waals surface area contributed by atoms with Crippen LogP contribution < -0.4 is 11.1 Å². The fourth-order valence-electron chi connectivity index (χ4n) is 2.10. The first-order valence-electron chi connectivity index (χ1n) is 5.93. The molecule has 1 heterocycles. The minimum atomic E-state index is -0.329. The molecule has 1 aromatic rings. The van der Waals surface area contributed by atoms with Crippen molar-refractivity contribution in [3.63, 3.8) is 0 Å². The van der Waals surface area contributed by atoms with Gasteiger partial charge in [0.1, 0.15) is 0 Å². The first-order chi connectivity index (χ1) is 7.96. The van der Waals surface area contributed by atoms with Crippen LogP contribution in [0.5, 0.6) is 0 Å². The van der Waals surface area contributed by atoms with Gasteiger partial charge in [-0.25, -0.2) is 4.98 Å². The lowest BCUT2D eigenvalue weighted by atomic mass is 9.96. The number of hydrogen-bond donors (Lipinski definition) is 2.